The van der Waals surface area contributed by atoms with E-state index in [9.17, 15) is 14.4 Å². The summed E-state index contributed by atoms with van der Waals surface area (Å²) in [6.45, 7) is 4.25. The Bertz CT molecular complexity index is 561. The van der Waals surface area contributed by atoms with Gasteiger partial charge in [-0.25, -0.2) is 4.79 Å². The Labute approximate surface area is 148 Å². The summed E-state index contributed by atoms with van der Waals surface area (Å²) >= 11 is 0. The standard InChI is InChI=1S/C18H27N3O4/c1-13(2)17(24)19-10-11-20-18(25)21-15(8-9-16(22)23)12-14-6-4-3-5-7-14/h3-7,13,15H,8-12H2,1-2H3,(H,19,24)(H,22,23)(H2,20,21,25). The van der Waals surface area contributed by atoms with Gasteiger partial charge in [-0.1, -0.05) is 44.2 Å². The number of aliphatic carboxylic acids is 1. The van der Waals surface area contributed by atoms with Crippen molar-refractivity contribution in [2.24, 2.45) is 5.92 Å². The summed E-state index contributed by atoms with van der Waals surface area (Å²) < 4.78 is 0. The minimum absolute atomic E-state index is 0.0117. The zero-order chi connectivity index (χ0) is 18.7. The van der Waals surface area contributed by atoms with Crippen molar-refractivity contribution in [1.29, 1.82) is 0 Å². The lowest BCUT2D eigenvalue weighted by atomic mass is 10.0. The average molecular weight is 349 g/mol. The Morgan fingerprint density at radius 1 is 1.04 bits per heavy atom. The third kappa shape index (κ3) is 9.34. The molecule has 1 unspecified atom stereocenters. The van der Waals surface area contributed by atoms with E-state index in [0.717, 1.165) is 5.56 Å². The van der Waals surface area contributed by atoms with Crippen molar-refractivity contribution in [2.75, 3.05) is 13.1 Å². The fraction of sp³-hybridized carbons (Fsp3) is 0.500. The molecule has 7 nitrogen and oxygen atoms in total. The van der Waals surface area contributed by atoms with Crippen molar-refractivity contribution in [3.63, 3.8) is 0 Å². The number of carbonyl (C=O) groups excluding carboxylic acids is 2. The lowest BCUT2D eigenvalue weighted by Crippen LogP contribution is -2.45. The van der Waals surface area contributed by atoms with E-state index in [-0.39, 0.29) is 30.3 Å². The van der Waals surface area contributed by atoms with Gasteiger partial charge in [0.25, 0.3) is 0 Å². The highest BCUT2D eigenvalue weighted by Crippen LogP contribution is 2.08. The quantitative estimate of drug-likeness (QED) is 0.481. The van der Waals surface area contributed by atoms with Gasteiger partial charge >= 0.3 is 12.0 Å². The third-order valence-corrected chi connectivity index (χ3v) is 3.60. The Hall–Kier alpha value is -2.57. The Morgan fingerprint density at radius 3 is 2.28 bits per heavy atom. The number of carbonyl (C=O) groups is 3. The van der Waals surface area contributed by atoms with Gasteiger partial charge in [0.15, 0.2) is 0 Å². The van der Waals surface area contributed by atoms with Gasteiger partial charge in [0.2, 0.25) is 5.91 Å². The van der Waals surface area contributed by atoms with Crippen molar-refractivity contribution >= 4 is 17.9 Å². The number of amides is 3. The van der Waals surface area contributed by atoms with Crippen LogP contribution in [0, 0.1) is 5.92 Å². The van der Waals surface area contributed by atoms with Crippen LogP contribution in [0.4, 0.5) is 4.79 Å². The van der Waals surface area contributed by atoms with E-state index in [0.29, 0.717) is 25.9 Å². The summed E-state index contributed by atoms with van der Waals surface area (Å²) in [6, 6.07) is 8.95. The topological polar surface area (TPSA) is 108 Å². The van der Waals surface area contributed by atoms with Crippen molar-refractivity contribution < 1.29 is 19.5 Å². The number of benzene rings is 1. The normalized spacial score (nSPS) is 11.6. The highest BCUT2D eigenvalue weighted by atomic mass is 16.4. The fourth-order valence-electron chi connectivity index (χ4n) is 2.22. The monoisotopic (exact) mass is 349 g/mol. The van der Waals surface area contributed by atoms with Crippen molar-refractivity contribution in [3.05, 3.63) is 35.9 Å². The van der Waals surface area contributed by atoms with Crippen LogP contribution in [0.3, 0.4) is 0 Å². The molecule has 0 aliphatic rings. The van der Waals surface area contributed by atoms with E-state index < -0.39 is 5.97 Å². The van der Waals surface area contributed by atoms with Gasteiger partial charge in [0.05, 0.1) is 0 Å². The number of carboxylic acids is 1. The van der Waals surface area contributed by atoms with Gasteiger partial charge in [-0.05, 0) is 18.4 Å². The molecule has 25 heavy (non-hydrogen) atoms. The molecule has 4 N–H and O–H groups in total. The number of hydrogen-bond donors (Lipinski definition) is 4. The molecule has 1 atom stereocenters. The number of urea groups is 1. The molecule has 1 rings (SSSR count). The SMILES string of the molecule is CC(C)C(=O)NCCNC(=O)NC(CCC(=O)O)Cc1ccccc1. The summed E-state index contributed by atoms with van der Waals surface area (Å²) in [7, 11) is 0. The second-order valence-electron chi connectivity index (χ2n) is 6.17. The molecule has 0 aliphatic carbocycles. The lowest BCUT2D eigenvalue weighted by molar-refractivity contribution is -0.137. The van der Waals surface area contributed by atoms with Crippen molar-refractivity contribution in [1.82, 2.24) is 16.0 Å². The highest BCUT2D eigenvalue weighted by Gasteiger charge is 2.14. The molecule has 1 aromatic rings. The first-order valence-electron chi connectivity index (χ1n) is 8.46. The van der Waals surface area contributed by atoms with Crippen LogP contribution < -0.4 is 16.0 Å². The van der Waals surface area contributed by atoms with Crippen molar-refractivity contribution in [3.8, 4) is 0 Å². The molecular weight excluding hydrogens is 322 g/mol. The molecule has 1 aromatic carbocycles. The van der Waals surface area contributed by atoms with Gasteiger partial charge in [0.1, 0.15) is 0 Å². The van der Waals surface area contributed by atoms with Gasteiger partial charge < -0.3 is 21.1 Å². The molecule has 0 fully saturated rings. The van der Waals surface area contributed by atoms with Crippen molar-refractivity contribution in [2.45, 2.75) is 39.2 Å². The molecule has 0 spiro atoms. The summed E-state index contributed by atoms with van der Waals surface area (Å²) in [6.07, 6.45) is 0.898. The Kier molecular flexibility index (Phi) is 9.06. The minimum atomic E-state index is -0.892. The predicted molar refractivity (Wildman–Crippen MR) is 95.2 cm³/mol. The van der Waals surface area contributed by atoms with E-state index >= 15 is 0 Å². The first-order chi connectivity index (χ1) is 11.9. The first-order valence-corrected chi connectivity index (χ1v) is 8.46. The van der Waals surface area contributed by atoms with E-state index in [1.165, 1.54) is 0 Å². The van der Waals surface area contributed by atoms with Crippen LogP contribution in [0.5, 0.6) is 0 Å². The zero-order valence-corrected chi connectivity index (χ0v) is 14.7. The molecule has 0 aliphatic heterocycles. The van der Waals surface area contributed by atoms with Crippen LogP contribution in [0.2, 0.25) is 0 Å². The maximum absolute atomic E-state index is 12.0. The number of nitrogens with one attached hydrogen (secondary N) is 3. The van der Waals surface area contributed by atoms with Gasteiger partial charge in [-0.2, -0.15) is 0 Å². The maximum Gasteiger partial charge on any atom is 0.315 e. The summed E-state index contributed by atoms with van der Waals surface area (Å²) in [4.78, 5) is 34.2. The molecule has 0 bridgehead atoms. The maximum atomic E-state index is 12.0. The molecular formula is C18H27N3O4. The van der Waals surface area contributed by atoms with E-state index in [4.69, 9.17) is 5.11 Å². The summed E-state index contributed by atoms with van der Waals surface area (Å²) in [5, 5.41) is 17.1. The smallest absolute Gasteiger partial charge is 0.315 e. The van der Waals surface area contributed by atoms with Crippen LogP contribution in [0.25, 0.3) is 0 Å². The minimum Gasteiger partial charge on any atom is -0.481 e. The average Bonchev–Trinajstić information content (AvgIpc) is 2.57. The van der Waals surface area contributed by atoms with Crippen LogP contribution in [0.15, 0.2) is 30.3 Å². The molecule has 3 amide bonds. The Morgan fingerprint density at radius 2 is 1.68 bits per heavy atom. The zero-order valence-electron chi connectivity index (χ0n) is 14.7. The fourth-order valence-corrected chi connectivity index (χ4v) is 2.22. The number of rotatable bonds is 10. The third-order valence-electron chi connectivity index (χ3n) is 3.60. The molecule has 7 heteroatoms. The van der Waals surface area contributed by atoms with E-state index in [1.54, 1.807) is 13.8 Å². The summed E-state index contributed by atoms with van der Waals surface area (Å²) in [5.74, 6) is -1.05. The molecule has 0 aromatic heterocycles. The second-order valence-corrected chi connectivity index (χ2v) is 6.17. The van der Waals surface area contributed by atoms with Crippen LogP contribution in [0.1, 0.15) is 32.3 Å². The van der Waals surface area contributed by atoms with Gasteiger partial charge in [-0.3, -0.25) is 9.59 Å². The molecule has 0 saturated heterocycles. The lowest BCUT2D eigenvalue weighted by Gasteiger charge is -2.19. The van der Waals surface area contributed by atoms with E-state index in [1.807, 2.05) is 30.3 Å². The van der Waals surface area contributed by atoms with Gasteiger partial charge in [0, 0.05) is 31.5 Å². The molecule has 138 valence electrons. The Balaban J connectivity index is 2.42. The van der Waals surface area contributed by atoms with Gasteiger partial charge in [-0.15, -0.1) is 0 Å². The number of carboxylic acid groups (broad SMARTS) is 1. The number of hydrogen-bond acceptors (Lipinski definition) is 3. The second kappa shape index (κ2) is 11.1. The van der Waals surface area contributed by atoms with E-state index in [2.05, 4.69) is 16.0 Å². The highest BCUT2D eigenvalue weighted by molar-refractivity contribution is 5.78. The predicted octanol–water partition coefficient (Wildman–Crippen LogP) is 1.53. The first kappa shape index (κ1) is 20.5. The molecule has 0 heterocycles. The van der Waals surface area contributed by atoms with Crippen LogP contribution in [-0.4, -0.2) is 42.1 Å². The molecule has 0 saturated carbocycles. The molecule has 0 radical (unpaired) electrons. The summed E-state index contributed by atoms with van der Waals surface area (Å²) in [5.41, 5.74) is 1.03. The van der Waals surface area contributed by atoms with Crippen LogP contribution in [-0.2, 0) is 16.0 Å². The van der Waals surface area contributed by atoms with Crippen LogP contribution >= 0.6 is 0 Å². The largest absolute Gasteiger partial charge is 0.481 e.